The van der Waals surface area contributed by atoms with Crippen molar-refractivity contribution in [2.24, 2.45) is 0 Å². The molecule has 2 saturated heterocycles. The van der Waals surface area contributed by atoms with Crippen molar-refractivity contribution in [1.82, 2.24) is 9.80 Å². The highest BCUT2D eigenvalue weighted by Gasteiger charge is 2.37. The monoisotopic (exact) mass is 288 g/mol. The molecule has 2 heterocycles. The Balaban J connectivity index is 1.74. The standard InChI is InChI=1S/C13H24N2O3S/c1-11-5-3-4-7-15(11)12-9-14(10-12)13(16)6-8-19(2,17)18/h11-12H,3-10H2,1-2H3. The molecule has 0 bridgehead atoms. The molecule has 0 spiro atoms. The van der Waals surface area contributed by atoms with E-state index in [1.807, 2.05) is 0 Å². The average Bonchev–Trinajstić information content (AvgIpc) is 2.26. The molecule has 1 amide bonds. The molecule has 0 saturated carbocycles. The summed E-state index contributed by atoms with van der Waals surface area (Å²) in [5.74, 6) is -0.0565. The van der Waals surface area contributed by atoms with Gasteiger partial charge >= 0.3 is 0 Å². The van der Waals surface area contributed by atoms with Gasteiger partial charge in [0.1, 0.15) is 9.84 Å². The topological polar surface area (TPSA) is 57.7 Å². The lowest BCUT2D eigenvalue weighted by Gasteiger charge is -2.49. The van der Waals surface area contributed by atoms with E-state index in [0.29, 0.717) is 12.1 Å². The fourth-order valence-electron chi connectivity index (χ4n) is 2.96. The fraction of sp³-hybridized carbons (Fsp3) is 0.923. The number of rotatable bonds is 4. The normalized spacial score (nSPS) is 26.2. The molecule has 0 radical (unpaired) electrons. The van der Waals surface area contributed by atoms with Crippen LogP contribution in [0.2, 0.25) is 0 Å². The van der Waals surface area contributed by atoms with Gasteiger partial charge in [-0.15, -0.1) is 0 Å². The van der Waals surface area contributed by atoms with Crippen molar-refractivity contribution in [3.8, 4) is 0 Å². The minimum absolute atomic E-state index is 0.0219. The van der Waals surface area contributed by atoms with Crippen LogP contribution < -0.4 is 0 Å². The molecule has 0 N–H and O–H groups in total. The number of sulfone groups is 1. The minimum Gasteiger partial charge on any atom is -0.339 e. The van der Waals surface area contributed by atoms with Crippen molar-refractivity contribution >= 4 is 15.7 Å². The number of carbonyl (C=O) groups is 1. The third-order valence-electron chi connectivity index (χ3n) is 4.23. The van der Waals surface area contributed by atoms with E-state index >= 15 is 0 Å². The maximum atomic E-state index is 11.8. The van der Waals surface area contributed by atoms with Gasteiger partial charge in [0.2, 0.25) is 5.91 Å². The second-order valence-electron chi connectivity index (χ2n) is 5.92. The van der Waals surface area contributed by atoms with Crippen molar-refractivity contribution in [3.63, 3.8) is 0 Å². The van der Waals surface area contributed by atoms with E-state index in [-0.39, 0.29) is 18.1 Å². The Morgan fingerprint density at radius 1 is 1.26 bits per heavy atom. The minimum atomic E-state index is -3.04. The van der Waals surface area contributed by atoms with Crippen molar-refractivity contribution < 1.29 is 13.2 Å². The summed E-state index contributed by atoms with van der Waals surface area (Å²) in [7, 11) is -3.04. The lowest BCUT2D eigenvalue weighted by Crippen LogP contribution is -2.63. The van der Waals surface area contributed by atoms with Gasteiger partial charge in [0.15, 0.2) is 0 Å². The molecule has 6 heteroatoms. The lowest BCUT2D eigenvalue weighted by atomic mass is 9.97. The van der Waals surface area contributed by atoms with E-state index in [0.717, 1.165) is 19.6 Å². The van der Waals surface area contributed by atoms with Crippen molar-refractivity contribution in [2.75, 3.05) is 31.6 Å². The Labute approximate surface area is 115 Å². The van der Waals surface area contributed by atoms with Crippen molar-refractivity contribution in [1.29, 1.82) is 0 Å². The maximum absolute atomic E-state index is 11.8. The summed E-state index contributed by atoms with van der Waals surface area (Å²) >= 11 is 0. The Bertz CT molecular complexity index is 429. The highest BCUT2D eigenvalue weighted by molar-refractivity contribution is 7.90. The molecule has 1 atom stereocenters. The fourth-order valence-corrected chi connectivity index (χ4v) is 3.51. The molecular formula is C13H24N2O3S. The van der Waals surface area contributed by atoms with Gasteiger partial charge < -0.3 is 4.90 Å². The zero-order chi connectivity index (χ0) is 14.0. The third-order valence-corrected chi connectivity index (χ3v) is 5.17. The predicted octanol–water partition coefficient (Wildman–Crippen LogP) is 0.506. The summed E-state index contributed by atoms with van der Waals surface area (Å²) in [6, 6.07) is 1.10. The molecule has 5 nitrogen and oxygen atoms in total. The maximum Gasteiger partial charge on any atom is 0.223 e. The predicted molar refractivity (Wildman–Crippen MR) is 74.7 cm³/mol. The van der Waals surface area contributed by atoms with Gasteiger partial charge in [-0.25, -0.2) is 8.42 Å². The van der Waals surface area contributed by atoms with E-state index in [1.54, 1.807) is 4.90 Å². The Morgan fingerprint density at radius 3 is 2.53 bits per heavy atom. The highest BCUT2D eigenvalue weighted by atomic mass is 32.2. The quantitative estimate of drug-likeness (QED) is 0.756. The first-order chi connectivity index (χ1) is 8.87. The molecule has 0 aliphatic carbocycles. The zero-order valence-electron chi connectivity index (χ0n) is 11.8. The Morgan fingerprint density at radius 2 is 1.95 bits per heavy atom. The van der Waals surface area contributed by atoms with E-state index in [2.05, 4.69) is 11.8 Å². The van der Waals surface area contributed by atoms with Gasteiger partial charge in [-0.3, -0.25) is 9.69 Å². The van der Waals surface area contributed by atoms with Crippen molar-refractivity contribution in [3.05, 3.63) is 0 Å². The van der Waals surface area contributed by atoms with Gasteiger partial charge in [-0.05, 0) is 26.3 Å². The molecule has 2 rings (SSSR count). The largest absolute Gasteiger partial charge is 0.339 e. The van der Waals surface area contributed by atoms with Gasteiger partial charge in [-0.1, -0.05) is 6.42 Å². The van der Waals surface area contributed by atoms with Gasteiger partial charge in [-0.2, -0.15) is 0 Å². The van der Waals surface area contributed by atoms with Gasteiger partial charge in [0, 0.05) is 37.8 Å². The first-order valence-corrected chi connectivity index (χ1v) is 9.14. The van der Waals surface area contributed by atoms with Crippen LogP contribution in [0.5, 0.6) is 0 Å². The molecule has 19 heavy (non-hydrogen) atoms. The van der Waals surface area contributed by atoms with Crippen LogP contribution in [-0.2, 0) is 14.6 Å². The summed E-state index contributed by atoms with van der Waals surface area (Å²) in [6.45, 7) is 4.93. The Kier molecular flexibility index (Phi) is 4.50. The molecule has 0 aromatic carbocycles. The number of hydrogen-bond acceptors (Lipinski definition) is 4. The van der Waals surface area contributed by atoms with Crippen molar-refractivity contribution in [2.45, 2.75) is 44.7 Å². The molecule has 0 aromatic rings. The summed E-state index contributed by atoms with van der Waals surface area (Å²) in [4.78, 5) is 16.1. The van der Waals surface area contributed by atoms with Gasteiger partial charge in [0.25, 0.3) is 0 Å². The molecule has 2 aliphatic heterocycles. The number of nitrogens with zero attached hydrogens (tertiary/aromatic N) is 2. The zero-order valence-corrected chi connectivity index (χ0v) is 12.7. The van der Waals surface area contributed by atoms with E-state index in [9.17, 15) is 13.2 Å². The number of piperidine rings is 1. The van der Waals surface area contributed by atoms with Gasteiger partial charge in [0.05, 0.1) is 5.75 Å². The SMILES string of the molecule is CC1CCCCN1C1CN(C(=O)CCS(C)(=O)=O)C1. The summed E-state index contributed by atoms with van der Waals surface area (Å²) in [5.41, 5.74) is 0. The second kappa shape index (κ2) is 5.79. The molecule has 110 valence electrons. The molecule has 2 fully saturated rings. The number of amides is 1. The second-order valence-corrected chi connectivity index (χ2v) is 8.17. The Hall–Kier alpha value is -0.620. The summed E-state index contributed by atoms with van der Waals surface area (Å²) in [5, 5.41) is 0. The van der Waals surface area contributed by atoms with E-state index < -0.39 is 9.84 Å². The van der Waals surface area contributed by atoms with Crippen LogP contribution in [0.1, 0.15) is 32.6 Å². The number of hydrogen-bond donors (Lipinski definition) is 0. The van der Waals surface area contributed by atoms with Crippen LogP contribution >= 0.6 is 0 Å². The van der Waals surface area contributed by atoms with Crippen LogP contribution in [0, 0.1) is 0 Å². The third kappa shape index (κ3) is 3.92. The van der Waals surface area contributed by atoms with Crippen LogP contribution in [0.4, 0.5) is 0 Å². The average molecular weight is 288 g/mol. The van der Waals surface area contributed by atoms with E-state index in [1.165, 1.54) is 25.5 Å². The number of carbonyl (C=O) groups excluding carboxylic acids is 1. The first-order valence-electron chi connectivity index (χ1n) is 7.08. The van der Waals surface area contributed by atoms with E-state index in [4.69, 9.17) is 0 Å². The summed E-state index contributed by atoms with van der Waals surface area (Å²) < 4.78 is 22.1. The number of likely N-dealkylation sites (tertiary alicyclic amines) is 2. The smallest absolute Gasteiger partial charge is 0.223 e. The summed E-state index contributed by atoms with van der Waals surface area (Å²) in [6.07, 6.45) is 5.11. The molecular weight excluding hydrogens is 264 g/mol. The lowest BCUT2D eigenvalue weighted by molar-refractivity contribution is -0.139. The van der Waals surface area contributed by atoms with Crippen LogP contribution in [0.25, 0.3) is 0 Å². The first kappa shape index (κ1) is 14.8. The molecule has 0 aromatic heterocycles. The van der Waals surface area contributed by atoms with Crippen LogP contribution in [-0.4, -0.2) is 67.9 Å². The highest BCUT2D eigenvalue weighted by Crippen LogP contribution is 2.24. The van der Waals surface area contributed by atoms with Crippen LogP contribution in [0.15, 0.2) is 0 Å². The molecule has 1 unspecified atom stereocenters. The van der Waals surface area contributed by atoms with Crippen LogP contribution in [0.3, 0.4) is 0 Å². The molecule has 2 aliphatic rings.